The van der Waals surface area contributed by atoms with E-state index in [4.69, 9.17) is 5.84 Å². The number of carbonyl (C=O) groups is 1. The first-order valence-electron chi connectivity index (χ1n) is 5.85. The van der Waals surface area contributed by atoms with Crippen molar-refractivity contribution in [2.75, 3.05) is 17.4 Å². The first-order chi connectivity index (χ1) is 8.62. The van der Waals surface area contributed by atoms with Gasteiger partial charge in [0, 0.05) is 23.7 Å². The van der Waals surface area contributed by atoms with Crippen LogP contribution in [0.3, 0.4) is 0 Å². The lowest BCUT2D eigenvalue weighted by molar-refractivity contribution is 0.0940. The van der Waals surface area contributed by atoms with Gasteiger partial charge in [0.1, 0.15) is 0 Å². The second kappa shape index (κ2) is 7.23. The topological polar surface area (TPSA) is 80.0 Å². The molecule has 0 aliphatic carbocycles. The van der Waals surface area contributed by atoms with Gasteiger partial charge in [0.15, 0.2) is 0 Å². The highest BCUT2D eigenvalue weighted by atomic mass is 32.2. The van der Waals surface area contributed by atoms with E-state index in [2.05, 4.69) is 22.7 Å². The minimum absolute atomic E-state index is 0.142. The monoisotopic (exact) mass is 268 g/mol. The normalized spacial score (nSPS) is 12.0. The van der Waals surface area contributed by atoms with E-state index in [1.165, 1.54) is 0 Å². The lowest BCUT2D eigenvalue weighted by Crippen LogP contribution is -2.36. The fourth-order valence-corrected chi connectivity index (χ4v) is 2.31. The van der Waals surface area contributed by atoms with Crippen LogP contribution in [0.4, 0.5) is 5.69 Å². The molecule has 0 bridgehead atoms. The Hall–Kier alpha value is -1.27. The van der Waals surface area contributed by atoms with Gasteiger partial charge in [0.2, 0.25) is 0 Å². The predicted molar refractivity (Wildman–Crippen MR) is 76.7 cm³/mol. The molecule has 4 N–H and O–H groups in total. The van der Waals surface area contributed by atoms with E-state index >= 15 is 0 Å². The molecule has 1 aromatic rings. The summed E-state index contributed by atoms with van der Waals surface area (Å²) in [6.07, 6.45) is 4.47. The van der Waals surface area contributed by atoms with Gasteiger partial charge in [-0.15, -0.1) is 0 Å². The number of nitrogen functional groups attached to an aromatic ring is 1. The van der Waals surface area contributed by atoms with Gasteiger partial charge < -0.3 is 10.7 Å². The molecule has 1 amide bonds. The Balaban J connectivity index is 2.83. The summed E-state index contributed by atoms with van der Waals surface area (Å²) >= 11 is 1.71. The summed E-state index contributed by atoms with van der Waals surface area (Å²) in [5.74, 6) is 6.17. The number of nitrogens with one attached hydrogen (secondary N) is 2. The van der Waals surface area contributed by atoms with Gasteiger partial charge in [-0.2, -0.15) is 11.8 Å². The Morgan fingerprint density at radius 1 is 1.61 bits per heavy atom. The SMILES string of the molecule is CCC(CSC)NC(=O)c1cnc(C)cc1NN. The van der Waals surface area contributed by atoms with Crippen LogP contribution in [0.1, 0.15) is 29.4 Å². The Labute approximate surface area is 112 Å². The average Bonchev–Trinajstić information content (AvgIpc) is 2.37. The summed E-state index contributed by atoms with van der Waals surface area (Å²) in [6.45, 7) is 3.90. The van der Waals surface area contributed by atoms with Crippen molar-refractivity contribution in [2.45, 2.75) is 26.3 Å². The molecule has 0 spiro atoms. The number of nitrogens with two attached hydrogens (primary N) is 1. The van der Waals surface area contributed by atoms with Crippen LogP contribution in [0.15, 0.2) is 12.3 Å². The molecule has 1 aromatic heterocycles. The number of hydrogen-bond acceptors (Lipinski definition) is 5. The molecule has 100 valence electrons. The number of rotatable bonds is 6. The molecule has 0 aliphatic rings. The standard InChI is InChI=1S/C12H20N4OS/c1-4-9(7-18-3)15-12(17)10-6-14-8(2)5-11(10)16-13/h5-6,9H,4,7,13H2,1-3H3,(H,14,16)(H,15,17). The lowest BCUT2D eigenvalue weighted by Gasteiger charge is -2.17. The fraction of sp³-hybridized carbons (Fsp3) is 0.500. The number of aryl methyl sites for hydroxylation is 1. The first-order valence-corrected chi connectivity index (χ1v) is 7.24. The third kappa shape index (κ3) is 3.89. The van der Waals surface area contributed by atoms with Crippen LogP contribution in [-0.4, -0.2) is 28.9 Å². The van der Waals surface area contributed by atoms with Crippen molar-refractivity contribution in [1.82, 2.24) is 10.3 Å². The number of thioether (sulfide) groups is 1. The minimum atomic E-state index is -0.142. The smallest absolute Gasteiger partial charge is 0.255 e. The summed E-state index contributed by atoms with van der Waals surface area (Å²) in [4.78, 5) is 16.3. The van der Waals surface area contributed by atoms with Gasteiger partial charge in [-0.3, -0.25) is 15.6 Å². The third-order valence-corrected chi connectivity index (χ3v) is 3.37. The second-order valence-corrected chi connectivity index (χ2v) is 4.96. The molecule has 0 fully saturated rings. The van der Waals surface area contributed by atoms with Crippen molar-refractivity contribution in [1.29, 1.82) is 0 Å². The van der Waals surface area contributed by atoms with Crippen molar-refractivity contribution in [3.8, 4) is 0 Å². The van der Waals surface area contributed by atoms with Gasteiger partial charge in [0.05, 0.1) is 11.3 Å². The van der Waals surface area contributed by atoms with Gasteiger partial charge in [-0.05, 0) is 25.7 Å². The van der Waals surface area contributed by atoms with Gasteiger partial charge >= 0.3 is 0 Å². The highest BCUT2D eigenvalue weighted by Crippen LogP contribution is 2.15. The summed E-state index contributed by atoms with van der Waals surface area (Å²) in [5, 5.41) is 2.98. The quantitative estimate of drug-likeness (QED) is 0.539. The van der Waals surface area contributed by atoms with E-state index in [1.54, 1.807) is 24.0 Å². The van der Waals surface area contributed by atoms with Crippen molar-refractivity contribution < 1.29 is 4.79 Å². The number of aromatic nitrogens is 1. The highest BCUT2D eigenvalue weighted by molar-refractivity contribution is 7.98. The molecule has 1 rings (SSSR count). The molecular weight excluding hydrogens is 248 g/mol. The number of pyridine rings is 1. The van der Waals surface area contributed by atoms with Crippen molar-refractivity contribution >= 4 is 23.4 Å². The average molecular weight is 268 g/mol. The number of anilines is 1. The van der Waals surface area contributed by atoms with Crippen LogP contribution in [-0.2, 0) is 0 Å². The molecular formula is C12H20N4OS. The molecule has 0 saturated carbocycles. The maximum Gasteiger partial charge on any atom is 0.255 e. The van der Waals surface area contributed by atoms with Crippen LogP contribution < -0.4 is 16.6 Å². The predicted octanol–water partition coefficient (Wildman–Crippen LogP) is 1.55. The Kier molecular flexibility index (Phi) is 5.94. The Morgan fingerprint density at radius 3 is 2.89 bits per heavy atom. The fourth-order valence-electron chi connectivity index (χ4n) is 1.59. The molecule has 1 atom stereocenters. The number of carbonyl (C=O) groups excluding carboxylic acids is 1. The molecule has 0 aliphatic heterocycles. The number of hydrogen-bond donors (Lipinski definition) is 3. The molecule has 0 radical (unpaired) electrons. The Bertz CT molecular complexity index is 411. The molecule has 1 heterocycles. The second-order valence-electron chi connectivity index (χ2n) is 4.05. The summed E-state index contributed by atoms with van der Waals surface area (Å²) < 4.78 is 0. The van der Waals surface area contributed by atoms with E-state index < -0.39 is 0 Å². The third-order valence-electron chi connectivity index (χ3n) is 2.64. The number of hydrazine groups is 1. The minimum Gasteiger partial charge on any atom is -0.348 e. The lowest BCUT2D eigenvalue weighted by atomic mass is 10.1. The maximum absolute atomic E-state index is 12.1. The summed E-state index contributed by atoms with van der Waals surface area (Å²) in [5.41, 5.74) is 4.42. The first kappa shape index (κ1) is 14.8. The zero-order valence-corrected chi connectivity index (χ0v) is 11.8. The molecule has 1 unspecified atom stereocenters. The number of nitrogens with zero attached hydrogens (tertiary/aromatic N) is 1. The molecule has 6 heteroatoms. The van der Waals surface area contributed by atoms with Crippen molar-refractivity contribution in [2.24, 2.45) is 5.84 Å². The maximum atomic E-state index is 12.1. The summed E-state index contributed by atoms with van der Waals surface area (Å²) in [7, 11) is 0. The van der Waals surface area contributed by atoms with Crippen molar-refractivity contribution in [3.63, 3.8) is 0 Å². The van der Waals surface area contributed by atoms with E-state index in [0.717, 1.165) is 17.9 Å². The van der Waals surface area contributed by atoms with E-state index in [1.807, 2.05) is 13.2 Å². The van der Waals surface area contributed by atoms with Gasteiger partial charge in [-0.25, -0.2) is 0 Å². The van der Waals surface area contributed by atoms with E-state index in [-0.39, 0.29) is 11.9 Å². The van der Waals surface area contributed by atoms with E-state index in [9.17, 15) is 4.79 Å². The van der Waals surface area contributed by atoms with E-state index in [0.29, 0.717) is 11.3 Å². The molecule has 0 saturated heterocycles. The van der Waals surface area contributed by atoms with Crippen LogP contribution in [0.25, 0.3) is 0 Å². The van der Waals surface area contributed by atoms with Crippen molar-refractivity contribution in [3.05, 3.63) is 23.5 Å². The number of amides is 1. The Morgan fingerprint density at radius 2 is 2.33 bits per heavy atom. The van der Waals surface area contributed by atoms with Crippen LogP contribution in [0.5, 0.6) is 0 Å². The summed E-state index contributed by atoms with van der Waals surface area (Å²) in [6, 6.07) is 1.92. The molecule has 18 heavy (non-hydrogen) atoms. The van der Waals surface area contributed by atoms with Gasteiger partial charge in [0.25, 0.3) is 5.91 Å². The molecule has 0 aromatic carbocycles. The van der Waals surface area contributed by atoms with Crippen LogP contribution in [0, 0.1) is 6.92 Å². The van der Waals surface area contributed by atoms with Crippen LogP contribution in [0.2, 0.25) is 0 Å². The zero-order valence-electron chi connectivity index (χ0n) is 11.0. The van der Waals surface area contributed by atoms with Crippen LogP contribution >= 0.6 is 11.8 Å². The zero-order chi connectivity index (χ0) is 13.5. The highest BCUT2D eigenvalue weighted by Gasteiger charge is 2.15. The largest absolute Gasteiger partial charge is 0.348 e. The molecule has 5 nitrogen and oxygen atoms in total. The van der Waals surface area contributed by atoms with Gasteiger partial charge in [-0.1, -0.05) is 6.92 Å².